The van der Waals surface area contributed by atoms with Crippen molar-refractivity contribution in [2.24, 2.45) is 0 Å². The van der Waals surface area contributed by atoms with Crippen LogP contribution in [0.25, 0.3) is 21.5 Å². The van der Waals surface area contributed by atoms with Gasteiger partial charge in [-0.3, -0.25) is 0 Å². The summed E-state index contributed by atoms with van der Waals surface area (Å²) in [4.78, 5) is 0. The zero-order chi connectivity index (χ0) is 14.1. The van der Waals surface area contributed by atoms with Gasteiger partial charge in [0, 0.05) is 10.8 Å². The molecular formula is C20H14ClI. The van der Waals surface area contributed by atoms with Crippen LogP contribution in [0.15, 0.2) is 84.9 Å². The highest BCUT2D eigenvalue weighted by molar-refractivity contribution is 5.83. The molecule has 0 atom stereocenters. The average Bonchev–Trinajstić information content (AvgIpc) is 2.56. The molecule has 0 fully saturated rings. The van der Waals surface area contributed by atoms with Crippen LogP contribution in [0.4, 0.5) is 0 Å². The van der Waals surface area contributed by atoms with Gasteiger partial charge in [0.05, 0.1) is 0 Å². The van der Waals surface area contributed by atoms with Crippen molar-refractivity contribution in [2.75, 3.05) is 0 Å². The smallest absolute Gasteiger partial charge is 0.359 e. The average molecular weight is 417 g/mol. The number of hydrogen-bond acceptors (Lipinski definition) is 0. The molecule has 0 heterocycles. The van der Waals surface area contributed by atoms with Crippen LogP contribution in [0.3, 0.4) is 0 Å². The quantitative estimate of drug-likeness (QED) is 0.373. The first-order valence-electron chi connectivity index (χ1n) is 7.02. The summed E-state index contributed by atoms with van der Waals surface area (Å²) in [5.74, 6) is 0. The fourth-order valence-electron chi connectivity index (χ4n) is 2.65. The summed E-state index contributed by atoms with van der Waals surface area (Å²) in [6, 6.07) is 30.7. The van der Waals surface area contributed by atoms with Crippen LogP contribution in [0, 0.1) is 7.14 Å². The van der Waals surface area contributed by atoms with Gasteiger partial charge in [-0.15, -0.1) is 0 Å². The van der Waals surface area contributed by atoms with Crippen molar-refractivity contribution in [2.45, 2.75) is 0 Å². The molecule has 4 aromatic rings. The Labute approximate surface area is 146 Å². The van der Waals surface area contributed by atoms with Crippen LogP contribution in [0.2, 0.25) is 0 Å². The van der Waals surface area contributed by atoms with Crippen LogP contribution < -0.4 is 33.6 Å². The Balaban J connectivity index is 0.00000144. The third-order valence-corrected chi connectivity index (χ3v) is 6.72. The van der Waals surface area contributed by atoms with Gasteiger partial charge in [0.1, 0.15) is 0 Å². The first kappa shape index (κ1) is 15.3. The lowest BCUT2D eigenvalue weighted by atomic mass is 10.1. The van der Waals surface area contributed by atoms with Gasteiger partial charge in [0.2, 0.25) is 7.14 Å². The lowest BCUT2D eigenvalue weighted by molar-refractivity contribution is -0.592. The Morgan fingerprint density at radius 2 is 0.864 bits per heavy atom. The molecular weight excluding hydrogens is 403 g/mol. The van der Waals surface area contributed by atoms with E-state index in [1.54, 1.807) is 0 Å². The molecule has 2 heteroatoms. The van der Waals surface area contributed by atoms with Crippen LogP contribution in [-0.4, -0.2) is 0 Å². The van der Waals surface area contributed by atoms with Gasteiger partial charge in [0.15, 0.2) is 0 Å². The van der Waals surface area contributed by atoms with Crippen LogP contribution in [0.1, 0.15) is 0 Å². The van der Waals surface area contributed by atoms with E-state index in [1.807, 2.05) is 0 Å². The first-order valence-corrected chi connectivity index (χ1v) is 9.18. The van der Waals surface area contributed by atoms with E-state index in [-0.39, 0.29) is 33.6 Å². The molecule has 0 aliphatic heterocycles. The molecule has 108 valence electrons. The van der Waals surface area contributed by atoms with E-state index in [0.29, 0.717) is 0 Å². The molecule has 0 aromatic heterocycles. The zero-order valence-corrected chi connectivity index (χ0v) is 14.8. The highest BCUT2D eigenvalue weighted by Gasteiger charge is 2.20. The van der Waals surface area contributed by atoms with Gasteiger partial charge in [-0.05, 0) is 35.0 Å². The third-order valence-electron chi connectivity index (χ3n) is 3.68. The van der Waals surface area contributed by atoms with E-state index in [2.05, 4.69) is 84.9 Å². The molecule has 4 rings (SSSR count). The summed E-state index contributed by atoms with van der Waals surface area (Å²) in [5.41, 5.74) is 0. The summed E-state index contributed by atoms with van der Waals surface area (Å²) < 4.78 is 3.01. The van der Waals surface area contributed by atoms with Crippen molar-refractivity contribution in [1.29, 1.82) is 0 Å². The van der Waals surface area contributed by atoms with Gasteiger partial charge in [-0.25, -0.2) is 0 Å². The molecule has 22 heavy (non-hydrogen) atoms. The molecule has 0 saturated heterocycles. The Hall–Kier alpha value is -1.58. The van der Waals surface area contributed by atoms with Crippen molar-refractivity contribution in [1.82, 2.24) is 0 Å². The van der Waals surface area contributed by atoms with Crippen molar-refractivity contribution in [3.8, 4) is 0 Å². The van der Waals surface area contributed by atoms with Gasteiger partial charge in [-0.1, -0.05) is 60.7 Å². The molecule has 0 nitrogen and oxygen atoms in total. The predicted molar refractivity (Wildman–Crippen MR) is 85.3 cm³/mol. The monoisotopic (exact) mass is 416 g/mol. The van der Waals surface area contributed by atoms with E-state index in [9.17, 15) is 0 Å². The van der Waals surface area contributed by atoms with E-state index in [0.717, 1.165) is 0 Å². The Bertz CT molecular complexity index is 843. The van der Waals surface area contributed by atoms with Crippen molar-refractivity contribution in [3.05, 3.63) is 92.1 Å². The SMILES string of the molecule is [Cl-].c1ccc2c([I+]c3cccc4ccccc34)cccc2c1. The minimum atomic E-state index is -0.176. The number of hydrogen-bond donors (Lipinski definition) is 0. The molecule has 0 unspecified atom stereocenters. The Kier molecular flexibility index (Phi) is 4.65. The highest BCUT2D eigenvalue weighted by Crippen LogP contribution is 2.14. The number of halogens is 2. The Morgan fingerprint density at radius 3 is 1.36 bits per heavy atom. The van der Waals surface area contributed by atoms with Gasteiger partial charge < -0.3 is 12.4 Å². The fraction of sp³-hybridized carbons (Fsp3) is 0. The molecule has 0 bridgehead atoms. The minimum absolute atomic E-state index is 0. The molecule has 0 spiro atoms. The first-order chi connectivity index (χ1) is 10.4. The molecule has 0 amide bonds. The minimum Gasteiger partial charge on any atom is -1.00 e. The van der Waals surface area contributed by atoms with Crippen LogP contribution in [0.5, 0.6) is 0 Å². The standard InChI is InChI=1S/C20H14I.ClH/c1-3-11-17-15(7-1)9-5-13-19(17)21-20-14-6-10-16-8-2-4-12-18(16)20;/h1-14H;1H/q+1;/p-1. The maximum absolute atomic E-state index is 2.29. The van der Waals surface area contributed by atoms with Crippen molar-refractivity contribution in [3.63, 3.8) is 0 Å². The van der Waals surface area contributed by atoms with E-state index < -0.39 is 0 Å². The summed E-state index contributed by atoms with van der Waals surface area (Å²) in [6.45, 7) is 0. The normalized spacial score (nSPS) is 10.5. The number of rotatable bonds is 2. The number of benzene rings is 4. The van der Waals surface area contributed by atoms with Crippen molar-refractivity contribution >= 4 is 21.5 Å². The summed E-state index contributed by atoms with van der Waals surface area (Å²) in [7, 11) is 0. The van der Waals surface area contributed by atoms with Crippen molar-refractivity contribution < 1.29 is 33.6 Å². The van der Waals surface area contributed by atoms with Gasteiger partial charge >= 0.3 is 21.2 Å². The second-order valence-electron chi connectivity index (χ2n) is 5.02. The maximum atomic E-state index is 2.29. The number of fused-ring (bicyclic) bond motifs is 2. The van der Waals surface area contributed by atoms with Gasteiger partial charge in [-0.2, -0.15) is 0 Å². The van der Waals surface area contributed by atoms with Crippen LogP contribution in [-0.2, 0) is 0 Å². The molecule has 0 radical (unpaired) electrons. The highest BCUT2D eigenvalue weighted by atomic mass is 127. The fourth-order valence-corrected chi connectivity index (χ4v) is 5.61. The zero-order valence-electron chi connectivity index (χ0n) is 11.8. The molecule has 4 aromatic carbocycles. The molecule has 0 N–H and O–H groups in total. The molecule has 0 saturated carbocycles. The summed E-state index contributed by atoms with van der Waals surface area (Å²) >= 11 is -0.176. The van der Waals surface area contributed by atoms with E-state index in [1.165, 1.54) is 28.7 Å². The second kappa shape index (κ2) is 6.67. The second-order valence-corrected chi connectivity index (χ2v) is 7.88. The molecule has 0 aliphatic carbocycles. The summed E-state index contributed by atoms with van der Waals surface area (Å²) in [6.07, 6.45) is 0. The third kappa shape index (κ3) is 2.83. The molecule has 0 aliphatic rings. The van der Waals surface area contributed by atoms with E-state index >= 15 is 0 Å². The van der Waals surface area contributed by atoms with Gasteiger partial charge in [0.25, 0.3) is 0 Å². The lowest BCUT2D eigenvalue weighted by Crippen LogP contribution is -3.61. The topological polar surface area (TPSA) is 0 Å². The lowest BCUT2D eigenvalue weighted by Gasteiger charge is -1.99. The predicted octanol–water partition coefficient (Wildman–Crippen LogP) is -0.875. The largest absolute Gasteiger partial charge is 1.00 e. The van der Waals surface area contributed by atoms with Crippen LogP contribution >= 0.6 is 0 Å². The summed E-state index contributed by atoms with van der Waals surface area (Å²) in [5, 5.41) is 5.49. The maximum Gasteiger partial charge on any atom is 0.359 e. The Morgan fingerprint density at radius 1 is 0.455 bits per heavy atom. The van der Waals surface area contributed by atoms with E-state index in [4.69, 9.17) is 0 Å².